The predicted molar refractivity (Wildman–Crippen MR) is 88.0 cm³/mol. The van der Waals surface area contributed by atoms with Crippen LogP contribution in [0.3, 0.4) is 0 Å². The number of anilines is 2. The molecule has 0 spiro atoms. The predicted octanol–water partition coefficient (Wildman–Crippen LogP) is 4.29. The summed E-state index contributed by atoms with van der Waals surface area (Å²) in [4.78, 5) is 2.32. The van der Waals surface area contributed by atoms with E-state index >= 15 is 0 Å². The molecule has 2 aliphatic rings. The zero-order valence-corrected chi connectivity index (χ0v) is 13.6. The molecule has 5 heteroatoms. The van der Waals surface area contributed by atoms with E-state index in [1.54, 1.807) is 6.07 Å². The molecule has 1 aromatic carbocycles. The lowest BCUT2D eigenvalue weighted by Gasteiger charge is -2.32. The molecule has 0 amide bonds. The Labute approximate surface area is 137 Å². The third-order valence-electron chi connectivity index (χ3n) is 4.72. The standard InChI is InChI=1S/C17H15BrN4/c18-11-5-7-16-14(9-11)13-3-1-2-4-15(13)22(16)17-8-6-12(10-19)20-21-17/h5-9,13,15H,1-4H2/t13-,15-/m0/s1. The van der Waals surface area contributed by atoms with Gasteiger partial charge in [0, 0.05) is 22.1 Å². The first kappa shape index (κ1) is 13.7. The molecule has 0 bridgehead atoms. The molecule has 1 fully saturated rings. The van der Waals surface area contributed by atoms with Crippen LogP contribution in [-0.2, 0) is 0 Å². The first-order chi connectivity index (χ1) is 10.8. The highest BCUT2D eigenvalue weighted by Crippen LogP contribution is 2.50. The molecule has 1 aromatic heterocycles. The lowest BCUT2D eigenvalue weighted by atomic mass is 9.82. The molecule has 2 heterocycles. The average molecular weight is 355 g/mol. The average Bonchev–Trinajstić information content (AvgIpc) is 2.89. The normalized spacial score (nSPS) is 22.8. The monoisotopic (exact) mass is 354 g/mol. The molecule has 0 unspecified atom stereocenters. The van der Waals surface area contributed by atoms with Gasteiger partial charge in [0.15, 0.2) is 11.5 Å². The van der Waals surface area contributed by atoms with Crippen LogP contribution in [0.5, 0.6) is 0 Å². The van der Waals surface area contributed by atoms with E-state index < -0.39 is 0 Å². The Hall–Kier alpha value is -1.93. The van der Waals surface area contributed by atoms with Gasteiger partial charge in [0.25, 0.3) is 0 Å². The molecular weight excluding hydrogens is 340 g/mol. The van der Waals surface area contributed by atoms with Crippen LogP contribution in [0, 0.1) is 11.3 Å². The third-order valence-corrected chi connectivity index (χ3v) is 5.21. The Bertz CT molecular complexity index is 750. The van der Waals surface area contributed by atoms with E-state index in [2.05, 4.69) is 49.2 Å². The second kappa shape index (κ2) is 5.36. The summed E-state index contributed by atoms with van der Waals surface area (Å²) in [6, 6.07) is 12.6. The van der Waals surface area contributed by atoms with Crippen LogP contribution in [0.1, 0.15) is 42.9 Å². The van der Waals surface area contributed by atoms with Gasteiger partial charge >= 0.3 is 0 Å². The van der Waals surface area contributed by atoms with Crippen LogP contribution < -0.4 is 4.90 Å². The van der Waals surface area contributed by atoms with Gasteiger partial charge in [-0.1, -0.05) is 28.8 Å². The van der Waals surface area contributed by atoms with E-state index in [4.69, 9.17) is 5.26 Å². The number of nitrogens with zero attached hydrogens (tertiary/aromatic N) is 4. The van der Waals surface area contributed by atoms with Crippen LogP contribution in [0.2, 0.25) is 0 Å². The maximum absolute atomic E-state index is 8.90. The zero-order valence-electron chi connectivity index (χ0n) is 12.0. The summed E-state index contributed by atoms with van der Waals surface area (Å²) in [5.41, 5.74) is 3.00. The van der Waals surface area contributed by atoms with E-state index in [9.17, 15) is 0 Å². The van der Waals surface area contributed by atoms with Gasteiger partial charge in [-0.15, -0.1) is 10.2 Å². The van der Waals surface area contributed by atoms with Gasteiger partial charge in [-0.25, -0.2) is 0 Å². The number of hydrogen-bond acceptors (Lipinski definition) is 4. The van der Waals surface area contributed by atoms with Crippen LogP contribution in [-0.4, -0.2) is 16.2 Å². The Morgan fingerprint density at radius 1 is 1.14 bits per heavy atom. The van der Waals surface area contributed by atoms with E-state index in [1.165, 1.54) is 36.9 Å². The minimum absolute atomic E-state index is 0.360. The molecular formula is C17H15BrN4. The minimum Gasteiger partial charge on any atom is -0.321 e. The van der Waals surface area contributed by atoms with Gasteiger partial charge in [0.05, 0.1) is 0 Å². The number of benzene rings is 1. The number of hydrogen-bond donors (Lipinski definition) is 0. The SMILES string of the molecule is N#Cc1ccc(N2c3ccc(Br)cc3[C@@H]3CCCC[C@@H]32)nn1. The Morgan fingerprint density at radius 2 is 2.00 bits per heavy atom. The number of aromatic nitrogens is 2. The first-order valence-electron chi connectivity index (χ1n) is 7.60. The van der Waals surface area contributed by atoms with E-state index in [1.807, 2.05) is 12.1 Å². The minimum atomic E-state index is 0.360. The molecule has 0 N–H and O–H groups in total. The molecule has 1 aliphatic heterocycles. The second-order valence-corrected chi connectivity index (χ2v) is 6.84. The highest BCUT2D eigenvalue weighted by molar-refractivity contribution is 9.10. The highest BCUT2D eigenvalue weighted by Gasteiger charge is 2.41. The van der Waals surface area contributed by atoms with Crippen molar-refractivity contribution in [1.29, 1.82) is 5.26 Å². The largest absolute Gasteiger partial charge is 0.321 e. The van der Waals surface area contributed by atoms with Gasteiger partial charge in [0.1, 0.15) is 6.07 Å². The number of rotatable bonds is 1. The van der Waals surface area contributed by atoms with Crippen molar-refractivity contribution in [3.8, 4) is 6.07 Å². The van der Waals surface area contributed by atoms with Crippen molar-refractivity contribution in [3.63, 3.8) is 0 Å². The van der Waals surface area contributed by atoms with Crippen LogP contribution in [0.25, 0.3) is 0 Å². The van der Waals surface area contributed by atoms with Crippen LogP contribution >= 0.6 is 15.9 Å². The fraction of sp³-hybridized carbons (Fsp3) is 0.353. The molecule has 0 saturated heterocycles. The summed E-state index contributed by atoms with van der Waals surface area (Å²) in [5, 5.41) is 17.2. The highest BCUT2D eigenvalue weighted by atomic mass is 79.9. The lowest BCUT2D eigenvalue weighted by Crippen LogP contribution is -2.33. The van der Waals surface area contributed by atoms with E-state index in [-0.39, 0.29) is 0 Å². The smallest absolute Gasteiger partial charge is 0.163 e. The summed E-state index contributed by atoms with van der Waals surface area (Å²) < 4.78 is 1.13. The molecule has 4 rings (SSSR count). The summed E-state index contributed by atoms with van der Waals surface area (Å²) in [6.07, 6.45) is 4.96. The van der Waals surface area contributed by atoms with Crippen molar-refractivity contribution < 1.29 is 0 Å². The quantitative estimate of drug-likeness (QED) is 0.766. The van der Waals surface area contributed by atoms with Crippen molar-refractivity contribution in [2.24, 2.45) is 0 Å². The number of halogens is 1. The zero-order chi connectivity index (χ0) is 15.1. The van der Waals surface area contributed by atoms with Crippen molar-refractivity contribution >= 4 is 27.4 Å². The molecule has 2 atom stereocenters. The topological polar surface area (TPSA) is 52.8 Å². The lowest BCUT2D eigenvalue weighted by molar-refractivity contribution is 0.400. The molecule has 22 heavy (non-hydrogen) atoms. The summed E-state index contributed by atoms with van der Waals surface area (Å²) >= 11 is 3.59. The Kier molecular flexibility index (Phi) is 3.34. The summed E-state index contributed by atoms with van der Waals surface area (Å²) in [7, 11) is 0. The Balaban J connectivity index is 1.82. The fourth-order valence-electron chi connectivity index (χ4n) is 3.81. The molecule has 0 radical (unpaired) electrons. The van der Waals surface area contributed by atoms with Gasteiger partial charge in [-0.3, -0.25) is 0 Å². The number of fused-ring (bicyclic) bond motifs is 3. The van der Waals surface area contributed by atoms with E-state index in [0.29, 0.717) is 17.7 Å². The number of nitriles is 1. The van der Waals surface area contributed by atoms with Gasteiger partial charge in [0.2, 0.25) is 0 Å². The van der Waals surface area contributed by atoms with Crippen LogP contribution in [0.15, 0.2) is 34.8 Å². The third kappa shape index (κ3) is 2.10. The molecule has 110 valence electrons. The maximum atomic E-state index is 8.90. The molecule has 1 aliphatic carbocycles. The van der Waals surface area contributed by atoms with Crippen molar-refractivity contribution in [2.45, 2.75) is 37.6 Å². The molecule has 1 saturated carbocycles. The van der Waals surface area contributed by atoms with Gasteiger partial charge in [-0.05, 0) is 48.7 Å². The van der Waals surface area contributed by atoms with Gasteiger partial charge < -0.3 is 4.90 Å². The second-order valence-electron chi connectivity index (χ2n) is 5.92. The molecule has 2 aromatic rings. The van der Waals surface area contributed by atoms with E-state index in [0.717, 1.165) is 10.3 Å². The van der Waals surface area contributed by atoms with Crippen molar-refractivity contribution in [1.82, 2.24) is 10.2 Å². The maximum Gasteiger partial charge on any atom is 0.163 e. The molecule has 4 nitrogen and oxygen atoms in total. The van der Waals surface area contributed by atoms with Crippen molar-refractivity contribution in [2.75, 3.05) is 4.90 Å². The summed E-state index contributed by atoms with van der Waals surface area (Å²) in [5.74, 6) is 1.41. The van der Waals surface area contributed by atoms with Gasteiger partial charge in [-0.2, -0.15) is 5.26 Å². The van der Waals surface area contributed by atoms with Crippen LogP contribution in [0.4, 0.5) is 11.5 Å². The Morgan fingerprint density at radius 3 is 2.77 bits per heavy atom. The fourth-order valence-corrected chi connectivity index (χ4v) is 4.19. The van der Waals surface area contributed by atoms with Crippen molar-refractivity contribution in [3.05, 3.63) is 46.1 Å². The summed E-state index contributed by atoms with van der Waals surface area (Å²) in [6.45, 7) is 0. The first-order valence-corrected chi connectivity index (χ1v) is 8.40.